The summed E-state index contributed by atoms with van der Waals surface area (Å²) in [6.07, 6.45) is 7.14. The fraction of sp³-hybridized carbons (Fsp3) is 0.450. The maximum atomic E-state index is 5.30. The van der Waals surface area contributed by atoms with Gasteiger partial charge in [0.25, 0.3) is 0 Å². The average Bonchev–Trinajstić information content (AvgIpc) is 3.00. The topological polar surface area (TPSA) is 42.7 Å². The molecular formula is C20H26N4S. The van der Waals surface area contributed by atoms with Crippen molar-refractivity contribution < 1.29 is 0 Å². The highest BCUT2D eigenvalue weighted by atomic mass is 32.1. The van der Waals surface area contributed by atoms with Gasteiger partial charge in [-0.1, -0.05) is 44.3 Å². The van der Waals surface area contributed by atoms with Gasteiger partial charge in [0.2, 0.25) is 0 Å². The number of nitrogens with zero attached hydrogens (tertiary/aromatic N) is 3. The van der Waals surface area contributed by atoms with Gasteiger partial charge in [0, 0.05) is 24.9 Å². The number of fused-ring (bicyclic) bond motifs is 3. The number of hydrogen-bond acceptors (Lipinski definition) is 3. The molecule has 0 amide bonds. The smallest absolute Gasteiger partial charge is 0.109 e. The minimum atomic E-state index is 0.932. The minimum Gasteiger partial charge on any atom is -0.380 e. The quantitative estimate of drug-likeness (QED) is 0.472. The van der Waals surface area contributed by atoms with Gasteiger partial charge in [-0.2, -0.15) is 0 Å². The van der Waals surface area contributed by atoms with Crippen molar-refractivity contribution in [2.75, 3.05) is 6.54 Å². The molecule has 3 aromatic rings. The zero-order chi connectivity index (χ0) is 17.6. The van der Waals surface area contributed by atoms with Crippen molar-refractivity contribution in [3.05, 3.63) is 36.3 Å². The number of para-hydroxylation sites is 1. The predicted molar refractivity (Wildman–Crippen MR) is 109 cm³/mol. The summed E-state index contributed by atoms with van der Waals surface area (Å²) in [5, 5.41) is 4.54. The summed E-state index contributed by atoms with van der Waals surface area (Å²) in [7, 11) is 0. The fourth-order valence-electron chi connectivity index (χ4n) is 3.26. The van der Waals surface area contributed by atoms with Crippen molar-refractivity contribution in [1.29, 1.82) is 0 Å². The van der Waals surface area contributed by atoms with Crippen LogP contribution < -0.4 is 5.32 Å². The summed E-state index contributed by atoms with van der Waals surface area (Å²) in [6.45, 7) is 6.26. The van der Waals surface area contributed by atoms with E-state index in [1.807, 2.05) is 12.3 Å². The second-order valence-corrected chi connectivity index (χ2v) is 6.84. The molecule has 2 aromatic heterocycles. The van der Waals surface area contributed by atoms with Gasteiger partial charge in [-0.25, -0.2) is 4.98 Å². The van der Waals surface area contributed by atoms with Crippen LogP contribution in [-0.4, -0.2) is 26.1 Å². The Kier molecular flexibility index (Phi) is 5.97. The van der Waals surface area contributed by atoms with E-state index < -0.39 is 0 Å². The highest BCUT2D eigenvalue weighted by Crippen LogP contribution is 2.25. The van der Waals surface area contributed by atoms with E-state index in [0.717, 1.165) is 67.0 Å². The predicted octanol–water partition coefficient (Wildman–Crippen LogP) is 4.64. The first-order valence-corrected chi connectivity index (χ1v) is 9.65. The molecular weight excluding hydrogens is 328 g/mol. The molecule has 0 unspecified atom stereocenters. The minimum absolute atomic E-state index is 0.932. The zero-order valence-electron chi connectivity index (χ0n) is 15.1. The monoisotopic (exact) mass is 354 g/mol. The lowest BCUT2D eigenvalue weighted by molar-refractivity contribution is 0.595. The number of nitrogens with one attached hydrogen (secondary N) is 1. The number of pyridine rings is 1. The number of thiocarbonyl (C=S) groups is 1. The summed E-state index contributed by atoms with van der Waals surface area (Å²) in [6, 6.07) is 8.32. The molecule has 2 heterocycles. The molecule has 0 aliphatic rings. The third-order valence-corrected chi connectivity index (χ3v) is 4.83. The molecule has 4 nitrogen and oxygen atoms in total. The Morgan fingerprint density at radius 2 is 2.00 bits per heavy atom. The second kappa shape index (κ2) is 8.39. The molecule has 0 fully saturated rings. The Morgan fingerprint density at radius 1 is 1.16 bits per heavy atom. The zero-order valence-corrected chi connectivity index (χ0v) is 15.9. The van der Waals surface area contributed by atoms with Crippen LogP contribution in [0.1, 0.15) is 45.4 Å². The van der Waals surface area contributed by atoms with E-state index in [9.17, 15) is 0 Å². The lowest BCUT2D eigenvalue weighted by Crippen LogP contribution is -2.22. The van der Waals surface area contributed by atoms with E-state index in [0.29, 0.717) is 0 Å². The van der Waals surface area contributed by atoms with Gasteiger partial charge in [0.1, 0.15) is 11.3 Å². The van der Waals surface area contributed by atoms with Crippen LogP contribution in [0.25, 0.3) is 21.9 Å². The van der Waals surface area contributed by atoms with Crippen molar-refractivity contribution in [3.8, 4) is 0 Å². The van der Waals surface area contributed by atoms with E-state index in [1.54, 1.807) is 0 Å². The highest BCUT2D eigenvalue weighted by molar-refractivity contribution is 7.80. The van der Waals surface area contributed by atoms with Crippen LogP contribution in [0.3, 0.4) is 0 Å². The first-order valence-electron chi connectivity index (χ1n) is 9.24. The first kappa shape index (κ1) is 17.8. The van der Waals surface area contributed by atoms with E-state index in [1.165, 1.54) is 10.9 Å². The van der Waals surface area contributed by atoms with Crippen LogP contribution in [0.2, 0.25) is 0 Å². The third-order valence-electron chi connectivity index (χ3n) is 4.48. The van der Waals surface area contributed by atoms with Crippen LogP contribution in [0.5, 0.6) is 0 Å². The van der Waals surface area contributed by atoms with Crippen LogP contribution >= 0.6 is 12.2 Å². The largest absolute Gasteiger partial charge is 0.380 e. The molecule has 25 heavy (non-hydrogen) atoms. The molecule has 0 saturated carbocycles. The molecule has 0 radical (unpaired) electrons. The van der Waals surface area contributed by atoms with Gasteiger partial charge in [-0.3, -0.25) is 4.98 Å². The van der Waals surface area contributed by atoms with Crippen molar-refractivity contribution in [1.82, 2.24) is 19.9 Å². The lowest BCUT2D eigenvalue weighted by Gasteiger charge is -2.11. The lowest BCUT2D eigenvalue weighted by atomic mass is 10.2. The number of hydrogen-bond donors (Lipinski definition) is 1. The molecule has 0 aliphatic carbocycles. The molecule has 1 N–H and O–H groups in total. The molecule has 132 valence electrons. The van der Waals surface area contributed by atoms with E-state index >= 15 is 0 Å². The number of imidazole rings is 1. The summed E-state index contributed by atoms with van der Waals surface area (Å²) in [5.74, 6) is 1.14. The Balaban J connectivity index is 1.76. The maximum Gasteiger partial charge on any atom is 0.109 e. The van der Waals surface area contributed by atoms with E-state index in [2.05, 4.69) is 46.9 Å². The normalized spacial score (nSPS) is 11.3. The summed E-state index contributed by atoms with van der Waals surface area (Å²) in [4.78, 5) is 10.3. The molecule has 0 spiro atoms. The molecule has 0 atom stereocenters. The van der Waals surface area contributed by atoms with Crippen molar-refractivity contribution in [2.45, 2.75) is 52.5 Å². The molecule has 0 saturated heterocycles. The van der Waals surface area contributed by atoms with E-state index in [-0.39, 0.29) is 0 Å². The molecule has 5 heteroatoms. The van der Waals surface area contributed by atoms with Crippen LogP contribution in [0.15, 0.2) is 30.5 Å². The summed E-state index contributed by atoms with van der Waals surface area (Å²) >= 11 is 5.30. The van der Waals surface area contributed by atoms with Gasteiger partial charge in [0.05, 0.1) is 22.2 Å². The molecule has 3 rings (SSSR count). The van der Waals surface area contributed by atoms with Gasteiger partial charge in [0.15, 0.2) is 0 Å². The van der Waals surface area contributed by atoms with Gasteiger partial charge in [-0.15, -0.1) is 0 Å². The molecule has 0 bridgehead atoms. The fourth-order valence-corrected chi connectivity index (χ4v) is 3.57. The van der Waals surface area contributed by atoms with Crippen molar-refractivity contribution >= 4 is 39.1 Å². The molecule has 0 aliphatic heterocycles. The number of unbranched alkanes of at least 4 members (excludes halogenated alkanes) is 1. The van der Waals surface area contributed by atoms with Gasteiger partial charge in [-0.05, 0) is 31.7 Å². The Labute approximate surface area is 154 Å². The Morgan fingerprint density at radius 3 is 2.80 bits per heavy atom. The SMILES string of the molecule is CCCC(=S)NCCCCn1c(CC)nc2cnc3ccccc3c21. The number of aromatic nitrogens is 3. The number of benzene rings is 1. The number of aryl methyl sites for hydroxylation is 2. The third kappa shape index (κ3) is 3.98. The Bertz CT molecular complexity index is 869. The van der Waals surface area contributed by atoms with Gasteiger partial charge >= 0.3 is 0 Å². The van der Waals surface area contributed by atoms with Crippen molar-refractivity contribution in [3.63, 3.8) is 0 Å². The van der Waals surface area contributed by atoms with E-state index in [4.69, 9.17) is 17.2 Å². The average molecular weight is 355 g/mol. The van der Waals surface area contributed by atoms with Crippen LogP contribution in [0.4, 0.5) is 0 Å². The molecule has 1 aromatic carbocycles. The number of rotatable bonds is 8. The first-order chi connectivity index (χ1) is 12.2. The summed E-state index contributed by atoms with van der Waals surface area (Å²) < 4.78 is 2.38. The van der Waals surface area contributed by atoms with Crippen LogP contribution in [-0.2, 0) is 13.0 Å². The summed E-state index contributed by atoms with van der Waals surface area (Å²) in [5.41, 5.74) is 3.25. The van der Waals surface area contributed by atoms with Crippen molar-refractivity contribution in [2.24, 2.45) is 0 Å². The standard InChI is InChI=1S/C20H26N4S/c1-3-9-19(25)21-12-7-8-13-24-18(4-2)23-17-14-22-16-11-6-5-10-15(16)20(17)24/h5-6,10-11,14H,3-4,7-9,12-13H2,1-2H3,(H,21,25). The Hall–Kier alpha value is -2.01. The highest BCUT2D eigenvalue weighted by Gasteiger charge is 2.12. The van der Waals surface area contributed by atoms with Crippen LogP contribution in [0, 0.1) is 0 Å². The maximum absolute atomic E-state index is 5.30. The second-order valence-electron chi connectivity index (χ2n) is 6.35. The van der Waals surface area contributed by atoms with Gasteiger partial charge < -0.3 is 9.88 Å².